The van der Waals surface area contributed by atoms with E-state index in [1.807, 2.05) is 0 Å². The normalized spacial score (nSPS) is 27.6. The Morgan fingerprint density at radius 3 is 2.40 bits per heavy atom. The highest BCUT2D eigenvalue weighted by atomic mass is 35.5. The van der Waals surface area contributed by atoms with E-state index in [1.54, 1.807) is 30.0 Å². The van der Waals surface area contributed by atoms with E-state index in [-0.39, 0.29) is 11.4 Å². The van der Waals surface area contributed by atoms with Crippen LogP contribution in [-0.4, -0.2) is 28.8 Å². The first-order valence-corrected chi connectivity index (χ1v) is 7.43. The molecule has 1 aliphatic heterocycles. The van der Waals surface area contributed by atoms with Gasteiger partial charge in [0.25, 0.3) is 5.91 Å². The maximum atomic E-state index is 12.3. The lowest BCUT2D eigenvalue weighted by Gasteiger charge is -2.46. The van der Waals surface area contributed by atoms with Gasteiger partial charge < -0.3 is 15.3 Å². The first kappa shape index (κ1) is 14.0. The van der Waals surface area contributed by atoms with Crippen LogP contribution in [0.15, 0.2) is 18.2 Å². The highest BCUT2D eigenvalue weighted by Gasteiger charge is 2.57. The van der Waals surface area contributed by atoms with Crippen molar-refractivity contribution in [2.24, 2.45) is 0 Å². The zero-order valence-electron chi connectivity index (χ0n) is 11.1. The lowest BCUT2D eigenvalue weighted by Crippen LogP contribution is -2.69. The van der Waals surface area contributed by atoms with Crippen molar-refractivity contribution in [1.29, 1.82) is 0 Å². The largest absolute Gasteiger partial charge is 0.363 e. The fourth-order valence-electron chi connectivity index (χ4n) is 2.72. The minimum absolute atomic E-state index is 0.201. The number of hydrogen-bond acceptors (Lipinski definition) is 3. The summed E-state index contributed by atoms with van der Waals surface area (Å²) in [4.78, 5) is 14.0. The maximum Gasteiger partial charge on any atom is 0.273 e. The van der Waals surface area contributed by atoms with E-state index in [2.05, 4.69) is 5.32 Å². The molecule has 1 aromatic rings. The van der Waals surface area contributed by atoms with Crippen molar-refractivity contribution >= 4 is 34.8 Å². The molecule has 1 atom stereocenters. The Bertz CT molecular complexity index is 554. The van der Waals surface area contributed by atoms with Gasteiger partial charge in [-0.1, -0.05) is 30.1 Å². The highest BCUT2D eigenvalue weighted by Crippen LogP contribution is 2.43. The standard InChI is InChI=1S/C14H16Cl2N2O2/c1-2-14(20)12(19)17-13(3-4-13)8-18(14)11-6-9(15)5-10(16)7-11/h5-7,20H,2-4,8H2,1H3,(H,17,19). The van der Waals surface area contributed by atoms with Crippen LogP contribution in [0, 0.1) is 0 Å². The van der Waals surface area contributed by atoms with Crippen LogP contribution in [0.2, 0.25) is 10.0 Å². The fourth-order valence-corrected chi connectivity index (χ4v) is 3.24. The number of nitrogens with one attached hydrogen (secondary N) is 1. The number of carbonyl (C=O) groups excluding carboxylic acids is 1. The second kappa shape index (κ2) is 4.52. The molecule has 0 bridgehead atoms. The first-order chi connectivity index (χ1) is 9.38. The summed E-state index contributed by atoms with van der Waals surface area (Å²) >= 11 is 12.1. The summed E-state index contributed by atoms with van der Waals surface area (Å²) in [5, 5.41) is 14.6. The number of hydrogen-bond donors (Lipinski definition) is 2. The van der Waals surface area contributed by atoms with E-state index >= 15 is 0 Å². The van der Waals surface area contributed by atoms with Crippen LogP contribution in [-0.2, 0) is 4.79 Å². The molecule has 20 heavy (non-hydrogen) atoms. The van der Waals surface area contributed by atoms with E-state index in [0.717, 1.165) is 12.8 Å². The molecule has 1 saturated heterocycles. The molecule has 1 unspecified atom stereocenters. The van der Waals surface area contributed by atoms with Crippen molar-refractivity contribution in [1.82, 2.24) is 5.32 Å². The molecule has 1 heterocycles. The third-order valence-electron chi connectivity index (χ3n) is 4.16. The van der Waals surface area contributed by atoms with Gasteiger partial charge in [-0.3, -0.25) is 4.79 Å². The van der Waals surface area contributed by atoms with Crippen LogP contribution >= 0.6 is 23.2 Å². The van der Waals surface area contributed by atoms with E-state index < -0.39 is 5.72 Å². The number of anilines is 1. The van der Waals surface area contributed by atoms with Gasteiger partial charge in [0.2, 0.25) is 5.72 Å². The number of rotatable bonds is 2. The molecule has 0 aromatic heterocycles. The van der Waals surface area contributed by atoms with Crippen molar-refractivity contribution in [2.45, 2.75) is 37.5 Å². The van der Waals surface area contributed by atoms with Crippen LogP contribution in [0.1, 0.15) is 26.2 Å². The minimum Gasteiger partial charge on any atom is -0.363 e. The van der Waals surface area contributed by atoms with Crippen LogP contribution in [0.3, 0.4) is 0 Å². The van der Waals surface area contributed by atoms with Crippen molar-refractivity contribution < 1.29 is 9.90 Å². The molecule has 1 saturated carbocycles. The van der Waals surface area contributed by atoms with Crippen molar-refractivity contribution in [3.05, 3.63) is 28.2 Å². The number of halogens is 2. The van der Waals surface area contributed by atoms with Crippen molar-refractivity contribution in [2.75, 3.05) is 11.4 Å². The fraction of sp³-hybridized carbons (Fsp3) is 0.500. The summed E-state index contributed by atoms with van der Waals surface area (Å²) in [5.41, 5.74) is -1.08. The van der Waals surface area contributed by atoms with Crippen molar-refractivity contribution in [3.8, 4) is 0 Å². The molecular weight excluding hydrogens is 299 g/mol. The molecule has 1 amide bonds. The Hall–Kier alpha value is -0.970. The third-order valence-corrected chi connectivity index (χ3v) is 4.59. The smallest absolute Gasteiger partial charge is 0.273 e. The van der Waals surface area contributed by atoms with Gasteiger partial charge in [-0.2, -0.15) is 0 Å². The average molecular weight is 315 g/mol. The lowest BCUT2D eigenvalue weighted by molar-refractivity contribution is -0.144. The molecule has 1 aliphatic carbocycles. The number of nitrogens with zero attached hydrogens (tertiary/aromatic N) is 1. The summed E-state index contributed by atoms with van der Waals surface area (Å²) in [5.74, 6) is -0.347. The van der Waals surface area contributed by atoms with Gasteiger partial charge in [0.15, 0.2) is 0 Å². The number of aliphatic hydroxyl groups is 1. The predicted octanol–water partition coefficient (Wildman–Crippen LogP) is 2.56. The van der Waals surface area contributed by atoms with E-state index in [9.17, 15) is 9.90 Å². The second-order valence-electron chi connectivity index (χ2n) is 5.62. The van der Waals surface area contributed by atoms with Gasteiger partial charge in [-0.25, -0.2) is 0 Å². The molecule has 3 rings (SSSR count). The SMILES string of the molecule is CCC1(O)C(=O)NC2(CC2)CN1c1cc(Cl)cc(Cl)c1. The molecule has 4 nitrogen and oxygen atoms in total. The predicted molar refractivity (Wildman–Crippen MR) is 79.2 cm³/mol. The molecule has 1 aromatic carbocycles. The molecule has 108 valence electrons. The van der Waals surface area contributed by atoms with Crippen LogP contribution in [0.25, 0.3) is 0 Å². The van der Waals surface area contributed by atoms with Crippen molar-refractivity contribution in [3.63, 3.8) is 0 Å². The zero-order chi connectivity index (χ0) is 14.5. The second-order valence-corrected chi connectivity index (χ2v) is 6.49. The summed E-state index contributed by atoms with van der Waals surface area (Å²) < 4.78 is 0. The van der Waals surface area contributed by atoms with E-state index in [0.29, 0.717) is 28.7 Å². The van der Waals surface area contributed by atoms with Gasteiger partial charge >= 0.3 is 0 Å². The summed E-state index contributed by atoms with van der Waals surface area (Å²) in [7, 11) is 0. The Labute approximate surface area is 127 Å². The van der Waals surface area contributed by atoms with Gasteiger partial charge in [-0.05, 0) is 31.0 Å². The summed E-state index contributed by atoms with van der Waals surface area (Å²) in [6, 6.07) is 5.08. The number of carbonyl (C=O) groups is 1. The van der Waals surface area contributed by atoms with Crippen LogP contribution < -0.4 is 10.2 Å². The first-order valence-electron chi connectivity index (χ1n) is 6.67. The molecule has 1 spiro atoms. The van der Waals surface area contributed by atoms with Crippen LogP contribution in [0.4, 0.5) is 5.69 Å². The molecule has 2 N–H and O–H groups in total. The highest BCUT2D eigenvalue weighted by molar-refractivity contribution is 6.35. The Kier molecular flexibility index (Phi) is 3.16. The number of piperazine rings is 1. The molecular formula is C14H16Cl2N2O2. The molecule has 2 fully saturated rings. The zero-order valence-corrected chi connectivity index (χ0v) is 12.6. The molecule has 0 radical (unpaired) electrons. The van der Waals surface area contributed by atoms with Gasteiger partial charge in [0, 0.05) is 28.7 Å². The molecule has 6 heteroatoms. The third kappa shape index (κ3) is 2.16. The topological polar surface area (TPSA) is 52.6 Å². The Morgan fingerprint density at radius 2 is 1.90 bits per heavy atom. The quantitative estimate of drug-likeness (QED) is 0.882. The lowest BCUT2D eigenvalue weighted by atomic mass is 9.99. The van der Waals surface area contributed by atoms with Crippen LogP contribution in [0.5, 0.6) is 0 Å². The Balaban J connectivity index is 2.05. The van der Waals surface area contributed by atoms with E-state index in [1.165, 1.54) is 0 Å². The van der Waals surface area contributed by atoms with Gasteiger partial charge in [-0.15, -0.1) is 0 Å². The number of benzene rings is 1. The summed E-state index contributed by atoms with van der Waals surface area (Å²) in [6.45, 7) is 2.35. The average Bonchev–Trinajstić information content (AvgIpc) is 3.12. The monoisotopic (exact) mass is 314 g/mol. The minimum atomic E-state index is -1.55. The summed E-state index contributed by atoms with van der Waals surface area (Å²) in [6.07, 6.45) is 2.16. The molecule has 2 aliphatic rings. The van der Waals surface area contributed by atoms with Gasteiger partial charge in [0.05, 0.1) is 5.54 Å². The Morgan fingerprint density at radius 1 is 1.30 bits per heavy atom. The number of amides is 1. The van der Waals surface area contributed by atoms with Gasteiger partial charge in [0.1, 0.15) is 0 Å². The van der Waals surface area contributed by atoms with E-state index in [4.69, 9.17) is 23.2 Å². The maximum absolute atomic E-state index is 12.3.